The van der Waals surface area contributed by atoms with Crippen molar-refractivity contribution in [2.45, 2.75) is 31.3 Å². The number of aryl methyl sites for hydroxylation is 1. The topological polar surface area (TPSA) is 110 Å². The number of hydrogen-bond donors (Lipinski definition) is 1. The molecule has 1 atom stereocenters. The fraction of sp³-hybridized carbons (Fsp3) is 0.350. The van der Waals surface area contributed by atoms with Crippen molar-refractivity contribution in [1.82, 2.24) is 19.0 Å². The highest BCUT2D eigenvalue weighted by molar-refractivity contribution is 7.89. The van der Waals surface area contributed by atoms with Crippen molar-refractivity contribution >= 4 is 21.6 Å². The number of rotatable bonds is 6. The molecule has 0 saturated carbocycles. The Morgan fingerprint density at radius 1 is 1.33 bits per heavy atom. The zero-order valence-corrected chi connectivity index (χ0v) is 17.4. The van der Waals surface area contributed by atoms with Gasteiger partial charge in [-0.05, 0) is 31.9 Å². The molecule has 2 aromatic heterocycles. The maximum atomic E-state index is 12.9. The maximum absolute atomic E-state index is 12.9. The van der Waals surface area contributed by atoms with Crippen molar-refractivity contribution in [1.29, 1.82) is 0 Å². The molecule has 1 amide bonds. The Kier molecular flexibility index (Phi) is 5.69. The molecular formula is C20H23N5O4S. The maximum Gasteiger partial charge on any atom is 0.262 e. The van der Waals surface area contributed by atoms with Crippen LogP contribution in [0.25, 0.3) is 11.3 Å². The molecule has 0 spiro atoms. The van der Waals surface area contributed by atoms with Crippen molar-refractivity contribution in [3.8, 4) is 11.3 Å². The molecular weight excluding hydrogens is 406 g/mol. The van der Waals surface area contributed by atoms with Crippen molar-refractivity contribution in [2.24, 2.45) is 5.92 Å². The number of aromatic nitrogens is 3. The zero-order chi connectivity index (χ0) is 21.1. The van der Waals surface area contributed by atoms with Gasteiger partial charge in [0.15, 0.2) is 10.8 Å². The first-order valence-corrected chi connectivity index (χ1v) is 11.3. The molecule has 3 aromatic rings. The minimum absolute atomic E-state index is 0.0187. The van der Waals surface area contributed by atoms with Gasteiger partial charge in [0.05, 0.1) is 18.4 Å². The van der Waals surface area contributed by atoms with E-state index in [9.17, 15) is 13.2 Å². The van der Waals surface area contributed by atoms with Crippen LogP contribution < -0.4 is 5.32 Å². The van der Waals surface area contributed by atoms with E-state index in [0.717, 1.165) is 5.56 Å². The summed E-state index contributed by atoms with van der Waals surface area (Å²) < 4.78 is 34.1. The number of amides is 1. The summed E-state index contributed by atoms with van der Waals surface area (Å²) in [5.74, 6) is -0.0352. The second kappa shape index (κ2) is 8.41. The molecule has 1 aromatic carbocycles. The van der Waals surface area contributed by atoms with Gasteiger partial charge in [0.1, 0.15) is 0 Å². The zero-order valence-electron chi connectivity index (χ0n) is 16.6. The normalized spacial score (nSPS) is 17.7. The summed E-state index contributed by atoms with van der Waals surface area (Å²) >= 11 is 0. The summed E-state index contributed by atoms with van der Waals surface area (Å²) in [6.07, 6.45) is 5.82. The van der Waals surface area contributed by atoms with Gasteiger partial charge in [-0.3, -0.25) is 4.79 Å². The van der Waals surface area contributed by atoms with Gasteiger partial charge < -0.3 is 14.4 Å². The summed E-state index contributed by atoms with van der Waals surface area (Å²) in [6.45, 7) is 3.07. The third-order valence-corrected chi connectivity index (χ3v) is 6.94. The molecule has 1 aliphatic heterocycles. The van der Waals surface area contributed by atoms with E-state index in [1.807, 2.05) is 19.1 Å². The van der Waals surface area contributed by atoms with E-state index < -0.39 is 15.9 Å². The second-order valence-corrected chi connectivity index (χ2v) is 9.08. The molecule has 0 radical (unpaired) electrons. The van der Waals surface area contributed by atoms with Crippen molar-refractivity contribution < 1.29 is 17.7 Å². The minimum atomic E-state index is -3.72. The van der Waals surface area contributed by atoms with Crippen molar-refractivity contribution in [3.63, 3.8) is 0 Å². The predicted octanol–water partition coefficient (Wildman–Crippen LogP) is 2.60. The Bertz CT molecular complexity index is 1120. The van der Waals surface area contributed by atoms with Crippen molar-refractivity contribution in [2.75, 3.05) is 18.4 Å². The largest absolute Gasteiger partial charge is 0.356 e. The number of anilines is 1. The molecule has 0 unspecified atom stereocenters. The lowest BCUT2D eigenvalue weighted by molar-refractivity contribution is -0.120. The molecule has 10 heteroatoms. The Balaban J connectivity index is 1.45. The average molecular weight is 430 g/mol. The molecule has 30 heavy (non-hydrogen) atoms. The van der Waals surface area contributed by atoms with Gasteiger partial charge in [0.2, 0.25) is 5.91 Å². The smallest absolute Gasteiger partial charge is 0.262 e. The van der Waals surface area contributed by atoms with E-state index >= 15 is 0 Å². The fourth-order valence-electron chi connectivity index (χ4n) is 3.51. The fourth-order valence-corrected chi connectivity index (χ4v) is 4.97. The second-order valence-electron chi connectivity index (χ2n) is 7.19. The lowest BCUT2D eigenvalue weighted by Crippen LogP contribution is -2.43. The quantitative estimate of drug-likeness (QED) is 0.645. The van der Waals surface area contributed by atoms with Gasteiger partial charge in [0.25, 0.3) is 10.0 Å². The Labute approximate surface area is 174 Å². The summed E-state index contributed by atoms with van der Waals surface area (Å²) in [6, 6.07) is 9.00. The highest BCUT2D eigenvalue weighted by Gasteiger charge is 2.34. The number of imidazole rings is 1. The number of nitrogens with one attached hydrogen (secondary N) is 1. The van der Waals surface area contributed by atoms with E-state index in [2.05, 4.69) is 15.5 Å². The van der Waals surface area contributed by atoms with Crippen LogP contribution in [0.5, 0.6) is 0 Å². The number of benzene rings is 1. The molecule has 1 saturated heterocycles. The number of hydrogen-bond acceptors (Lipinski definition) is 6. The molecule has 158 valence electrons. The molecule has 0 bridgehead atoms. The molecule has 1 fully saturated rings. The van der Waals surface area contributed by atoms with Crippen LogP contribution in [0.3, 0.4) is 0 Å². The Morgan fingerprint density at radius 3 is 2.93 bits per heavy atom. The molecule has 0 aliphatic carbocycles. The van der Waals surface area contributed by atoms with E-state index in [0.29, 0.717) is 37.4 Å². The van der Waals surface area contributed by atoms with Crippen LogP contribution in [0.15, 0.2) is 58.6 Å². The summed E-state index contributed by atoms with van der Waals surface area (Å²) in [4.78, 5) is 16.9. The minimum Gasteiger partial charge on any atom is -0.356 e. The Morgan fingerprint density at radius 2 is 2.20 bits per heavy atom. The number of piperidine rings is 1. The van der Waals surface area contributed by atoms with E-state index in [1.165, 1.54) is 16.8 Å². The first kappa shape index (κ1) is 20.3. The van der Waals surface area contributed by atoms with Gasteiger partial charge >= 0.3 is 0 Å². The van der Waals surface area contributed by atoms with Crippen LogP contribution in [-0.4, -0.2) is 46.4 Å². The third-order valence-electron chi connectivity index (χ3n) is 5.19. The number of sulfonamides is 1. The lowest BCUT2D eigenvalue weighted by atomic mass is 9.98. The highest BCUT2D eigenvalue weighted by atomic mass is 32.2. The number of carbonyl (C=O) groups excluding carboxylic acids is 1. The lowest BCUT2D eigenvalue weighted by Gasteiger charge is -2.30. The van der Waals surface area contributed by atoms with Crippen LogP contribution in [0.2, 0.25) is 0 Å². The van der Waals surface area contributed by atoms with E-state index in [-0.39, 0.29) is 17.5 Å². The standard InChI is InChI=1S/C20H23N5O4S/c1-2-24-13-19(21-14-24)30(27,28)25-10-4-6-16(12-25)20(26)23-17-7-3-5-15(11-17)18-8-9-22-29-18/h3,5,7-9,11,13-14,16H,2,4,6,10,12H2,1H3,(H,23,26)/t16-/m1/s1. The van der Waals surface area contributed by atoms with Crippen LogP contribution in [0.4, 0.5) is 5.69 Å². The van der Waals surface area contributed by atoms with E-state index in [1.54, 1.807) is 29.0 Å². The molecule has 1 N–H and O–H groups in total. The van der Waals surface area contributed by atoms with Gasteiger partial charge in [-0.1, -0.05) is 17.3 Å². The first-order chi connectivity index (χ1) is 14.5. The Hall–Kier alpha value is -2.98. The van der Waals surface area contributed by atoms with Crippen LogP contribution in [0, 0.1) is 5.92 Å². The van der Waals surface area contributed by atoms with Crippen molar-refractivity contribution in [3.05, 3.63) is 49.1 Å². The number of carbonyl (C=O) groups is 1. The summed E-state index contributed by atoms with van der Waals surface area (Å²) in [5.41, 5.74) is 1.42. The first-order valence-electron chi connectivity index (χ1n) is 9.81. The van der Waals surface area contributed by atoms with E-state index in [4.69, 9.17) is 4.52 Å². The average Bonchev–Trinajstić information content (AvgIpc) is 3.46. The number of nitrogens with zero attached hydrogens (tertiary/aromatic N) is 4. The highest BCUT2D eigenvalue weighted by Crippen LogP contribution is 2.26. The summed E-state index contributed by atoms with van der Waals surface area (Å²) in [7, 11) is -3.72. The van der Waals surface area contributed by atoms with Gasteiger partial charge in [-0.25, -0.2) is 13.4 Å². The van der Waals surface area contributed by atoms with Gasteiger partial charge in [-0.2, -0.15) is 4.31 Å². The van der Waals surface area contributed by atoms with Crippen LogP contribution >= 0.6 is 0 Å². The molecule has 4 rings (SSSR count). The van der Waals surface area contributed by atoms with Crippen LogP contribution in [0.1, 0.15) is 19.8 Å². The molecule has 1 aliphatic rings. The third kappa shape index (κ3) is 4.14. The molecule has 3 heterocycles. The summed E-state index contributed by atoms with van der Waals surface area (Å²) in [5, 5.41) is 6.61. The monoisotopic (exact) mass is 429 g/mol. The SMILES string of the molecule is CCn1cnc(S(=O)(=O)N2CCC[C@@H](C(=O)Nc3cccc(-c4ccno4)c3)C2)c1. The van der Waals surface area contributed by atoms with Gasteiger partial charge in [0, 0.05) is 43.1 Å². The molecule has 9 nitrogen and oxygen atoms in total. The van der Waals surface area contributed by atoms with Gasteiger partial charge in [-0.15, -0.1) is 0 Å². The van der Waals surface area contributed by atoms with Crippen LogP contribution in [-0.2, 0) is 21.4 Å². The predicted molar refractivity (Wildman–Crippen MR) is 110 cm³/mol.